The Hall–Kier alpha value is -1.03. The maximum absolute atomic E-state index is 12.1. The Morgan fingerprint density at radius 3 is 2.47 bits per heavy atom. The van der Waals surface area contributed by atoms with E-state index in [2.05, 4.69) is 6.92 Å². The largest absolute Gasteiger partial charge is 0.456 e. The summed E-state index contributed by atoms with van der Waals surface area (Å²) in [6, 6.07) is 0. The van der Waals surface area contributed by atoms with Crippen molar-refractivity contribution >= 4 is 22.3 Å². The van der Waals surface area contributed by atoms with E-state index in [4.69, 9.17) is 10.5 Å². The Balaban J connectivity index is 2.87. The number of hydrogen-bond acceptors (Lipinski definition) is 4. The van der Waals surface area contributed by atoms with Gasteiger partial charge in [-0.2, -0.15) is 0 Å². The summed E-state index contributed by atoms with van der Waals surface area (Å²) in [5.41, 5.74) is 7.05. The predicted octanol–water partition coefficient (Wildman–Crippen LogP) is 4.33. The van der Waals surface area contributed by atoms with Crippen LogP contribution >= 0.6 is 11.3 Å². The van der Waals surface area contributed by atoms with Crippen molar-refractivity contribution in [1.29, 1.82) is 0 Å². The lowest BCUT2D eigenvalue weighted by Gasteiger charge is -2.19. The highest BCUT2D eigenvalue weighted by Gasteiger charge is 2.24. The summed E-state index contributed by atoms with van der Waals surface area (Å²) in [6.07, 6.45) is 4.54. The normalized spacial score (nSPS) is 11.6. The van der Waals surface area contributed by atoms with Gasteiger partial charge in [0.15, 0.2) is 0 Å². The van der Waals surface area contributed by atoms with Crippen LogP contribution in [0.15, 0.2) is 0 Å². The molecule has 0 saturated heterocycles. The number of carbonyl (C=O) groups excluding carboxylic acids is 1. The Bertz CT molecular complexity index is 444. The molecule has 0 aliphatic carbocycles. The van der Waals surface area contributed by atoms with E-state index in [-0.39, 0.29) is 5.97 Å². The van der Waals surface area contributed by atoms with E-state index in [1.165, 1.54) is 29.1 Å². The molecule has 0 spiro atoms. The summed E-state index contributed by atoms with van der Waals surface area (Å²) < 4.78 is 5.41. The van der Waals surface area contributed by atoms with Crippen molar-refractivity contribution in [3.05, 3.63) is 16.0 Å². The van der Waals surface area contributed by atoms with Gasteiger partial charge >= 0.3 is 5.97 Å². The number of carbonyl (C=O) groups is 1. The lowest BCUT2D eigenvalue weighted by atomic mass is 10.1. The van der Waals surface area contributed by atoms with E-state index in [1.54, 1.807) is 0 Å². The summed E-state index contributed by atoms with van der Waals surface area (Å²) in [4.78, 5) is 13.4. The van der Waals surface area contributed by atoms with Crippen LogP contribution in [0.3, 0.4) is 0 Å². The third-order valence-corrected chi connectivity index (χ3v) is 4.06. The fourth-order valence-electron chi connectivity index (χ4n) is 1.94. The van der Waals surface area contributed by atoms with E-state index >= 15 is 0 Å². The molecule has 0 aliphatic heterocycles. The molecule has 19 heavy (non-hydrogen) atoms. The number of nitrogen functional groups attached to an aromatic ring is 1. The average molecular weight is 283 g/mol. The summed E-state index contributed by atoms with van der Waals surface area (Å²) in [6.45, 7) is 9.75. The van der Waals surface area contributed by atoms with Gasteiger partial charge in [-0.3, -0.25) is 0 Å². The molecule has 0 saturated carbocycles. The van der Waals surface area contributed by atoms with Gasteiger partial charge in [0.1, 0.15) is 10.6 Å². The molecule has 108 valence electrons. The molecular formula is C15H25NO2S. The molecule has 0 atom stereocenters. The number of esters is 1. The number of ether oxygens (including phenoxy) is 1. The van der Waals surface area contributed by atoms with Crippen molar-refractivity contribution < 1.29 is 9.53 Å². The number of aryl methyl sites for hydroxylation is 1. The van der Waals surface area contributed by atoms with Gasteiger partial charge in [0, 0.05) is 4.88 Å². The van der Waals surface area contributed by atoms with Crippen LogP contribution in [-0.2, 0) is 11.2 Å². The minimum atomic E-state index is -0.486. The quantitative estimate of drug-likeness (QED) is 0.646. The second-order valence-corrected chi connectivity index (χ2v) is 6.99. The molecule has 0 bridgehead atoms. The predicted molar refractivity (Wildman–Crippen MR) is 81.9 cm³/mol. The highest BCUT2D eigenvalue weighted by Crippen LogP contribution is 2.33. The number of rotatable bonds is 5. The number of anilines is 1. The van der Waals surface area contributed by atoms with E-state index in [1.807, 2.05) is 27.7 Å². The molecule has 0 radical (unpaired) electrons. The molecule has 0 unspecified atom stereocenters. The molecule has 1 aromatic heterocycles. The van der Waals surface area contributed by atoms with Crippen molar-refractivity contribution in [1.82, 2.24) is 0 Å². The van der Waals surface area contributed by atoms with Gasteiger partial charge in [-0.15, -0.1) is 11.3 Å². The van der Waals surface area contributed by atoms with E-state index in [0.29, 0.717) is 10.6 Å². The molecule has 3 nitrogen and oxygen atoms in total. The SMILES string of the molecule is CCCCCc1sc(N)c(C(=O)OC(C)(C)C)c1C. The van der Waals surface area contributed by atoms with Crippen LogP contribution in [0.4, 0.5) is 5.00 Å². The minimum Gasteiger partial charge on any atom is -0.456 e. The fraction of sp³-hybridized carbons (Fsp3) is 0.667. The molecule has 1 heterocycles. The first-order valence-corrected chi connectivity index (χ1v) is 7.69. The Morgan fingerprint density at radius 2 is 1.95 bits per heavy atom. The van der Waals surface area contributed by atoms with Gasteiger partial charge in [-0.05, 0) is 46.1 Å². The third kappa shape index (κ3) is 4.53. The van der Waals surface area contributed by atoms with Crippen LogP contribution in [0.5, 0.6) is 0 Å². The van der Waals surface area contributed by atoms with E-state index in [0.717, 1.165) is 18.4 Å². The van der Waals surface area contributed by atoms with Crippen molar-refractivity contribution in [3.63, 3.8) is 0 Å². The monoisotopic (exact) mass is 283 g/mol. The molecule has 2 N–H and O–H groups in total. The van der Waals surface area contributed by atoms with E-state index in [9.17, 15) is 4.79 Å². The van der Waals surface area contributed by atoms with Crippen LogP contribution < -0.4 is 5.73 Å². The first-order valence-electron chi connectivity index (χ1n) is 6.87. The molecule has 1 aromatic rings. The summed E-state index contributed by atoms with van der Waals surface area (Å²) in [5.74, 6) is -0.305. The first kappa shape index (κ1) is 16.0. The molecule has 0 aliphatic rings. The molecule has 0 fully saturated rings. The topological polar surface area (TPSA) is 52.3 Å². The zero-order valence-electron chi connectivity index (χ0n) is 12.6. The van der Waals surface area contributed by atoms with Gasteiger partial charge in [0.25, 0.3) is 0 Å². The van der Waals surface area contributed by atoms with E-state index < -0.39 is 5.60 Å². The lowest BCUT2D eigenvalue weighted by molar-refractivity contribution is 0.00705. The maximum Gasteiger partial charge on any atom is 0.341 e. The number of thiophene rings is 1. The molecular weight excluding hydrogens is 258 g/mol. The highest BCUT2D eigenvalue weighted by molar-refractivity contribution is 7.16. The zero-order valence-corrected chi connectivity index (χ0v) is 13.4. The standard InChI is InChI=1S/C15H25NO2S/c1-6-7-8-9-11-10(2)12(13(16)19-11)14(17)18-15(3,4)5/h6-9,16H2,1-5H3. The van der Waals surface area contributed by atoms with Crippen LogP contribution in [0.25, 0.3) is 0 Å². The van der Waals surface area contributed by atoms with Gasteiger partial charge in [0.05, 0.1) is 5.56 Å². The molecule has 0 amide bonds. The van der Waals surface area contributed by atoms with Gasteiger partial charge < -0.3 is 10.5 Å². The molecule has 1 rings (SSSR count). The van der Waals surface area contributed by atoms with Crippen molar-refractivity contribution in [2.24, 2.45) is 0 Å². The van der Waals surface area contributed by atoms with Crippen LogP contribution in [-0.4, -0.2) is 11.6 Å². The smallest absolute Gasteiger partial charge is 0.341 e. The Morgan fingerprint density at radius 1 is 1.32 bits per heavy atom. The highest BCUT2D eigenvalue weighted by atomic mass is 32.1. The van der Waals surface area contributed by atoms with Crippen LogP contribution in [0, 0.1) is 6.92 Å². The second-order valence-electron chi connectivity index (χ2n) is 5.85. The van der Waals surface area contributed by atoms with Crippen LogP contribution in [0.2, 0.25) is 0 Å². The number of hydrogen-bond donors (Lipinski definition) is 1. The fourth-order valence-corrected chi connectivity index (χ4v) is 3.05. The maximum atomic E-state index is 12.1. The van der Waals surface area contributed by atoms with Gasteiger partial charge in [-0.1, -0.05) is 19.8 Å². The molecule has 4 heteroatoms. The Kier molecular flexibility index (Phi) is 5.41. The first-order chi connectivity index (χ1) is 8.76. The molecule has 0 aromatic carbocycles. The lowest BCUT2D eigenvalue weighted by Crippen LogP contribution is -2.24. The second kappa shape index (κ2) is 6.42. The summed E-state index contributed by atoms with van der Waals surface area (Å²) in [5, 5.41) is 0.582. The zero-order chi connectivity index (χ0) is 14.6. The minimum absolute atomic E-state index is 0.305. The third-order valence-electron chi connectivity index (χ3n) is 2.88. The van der Waals surface area contributed by atoms with Crippen LogP contribution in [0.1, 0.15) is 67.8 Å². The Labute approximate surface area is 120 Å². The van der Waals surface area contributed by atoms with Crippen molar-refractivity contribution in [2.75, 3.05) is 5.73 Å². The summed E-state index contributed by atoms with van der Waals surface area (Å²) in [7, 11) is 0. The van der Waals surface area contributed by atoms with Crippen molar-refractivity contribution in [2.45, 2.75) is 65.9 Å². The average Bonchev–Trinajstić information content (AvgIpc) is 2.52. The number of unbranched alkanes of at least 4 members (excludes halogenated alkanes) is 2. The van der Waals surface area contributed by atoms with Crippen molar-refractivity contribution in [3.8, 4) is 0 Å². The van der Waals surface area contributed by atoms with Gasteiger partial charge in [0.2, 0.25) is 0 Å². The van der Waals surface area contributed by atoms with Gasteiger partial charge in [-0.25, -0.2) is 4.79 Å². The number of nitrogens with two attached hydrogens (primary N) is 1. The summed E-state index contributed by atoms with van der Waals surface area (Å²) >= 11 is 1.52.